The second-order valence-electron chi connectivity index (χ2n) is 17.6. The fourth-order valence-corrected chi connectivity index (χ4v) is 9.88. The summed E-state index contributed by atoms with van der Waals surface area (Å²) in [4.78, 5) is 60.4. The molecule has 64 heavy (non-hydrogen) atoms. The lowest BCUT2D eigenvalue weighted by atomic mass is 9.85. The number of nitrogens with one attached hydrogen (secondary N) is 2. The van der Waals surface area contributed by atoms with Crippen LogP contribution in [0, 0.1) is 17.8 Å². The van der Waals surface area contributed by atoms with Gasteiger partial charge < -0.3 is 24.6 Å². The maximum Gasteiger partial charge on any atom is 0.329 e. The highest BCUT2D eigenvalue weighted by Gasteiger charge is 2.33. The fourth-order valence-electron chi connectivity index (χ4n) is 9.88. The number of fused-ring (bicyclic) bond motifs is 2. The number of alkyl halides is 2. The van der Waals surface area contributed by atoms with Gasteiger partial charge in [-0.2, -0.15) is 10.2 Å². The minimum absolute atomic E-state index is 0.0180. The van der Waals surface area contributed by atoms with Gasteiger partial charge in [0.15, 0.2) is 11.3 Å². The third-order valence-corrected chi connectivity index (χ3v) is 13.0. The summed E-state index contributed by atoms with van der Waals surface area (Å²) < 4.78 is 46.7. The molecule has 3 atom stereocenters. The van der Waals surface area contributed by atoms with Crippen molar-refractivity contribution in [3.63, 3.8) is 0 Å². The molecule has 0 bridgehead atoms. The van der Waals surface area contributed by atoms with Gasteiger partial charge in [0.25, 0.3) is 12.3 Å². The number of hydrogen-bond donors (Lipinski definition) is 2. The Kier molecular flexibility index (Phi) is 12.3. The van der Waals surface area contributed by atoms with Crippen molar-refractivity contribution in [2.45, 2.75) is 102 Å². The van der Waals surface area contributed by atoms with Crippen LogP contribution in [0.1, 0.15) is 105 Å². The van der Waals surface area contributed by atoms with Crippen LogP contribution in [0.5, 0.6) is 0 Å². The van der Waals surface area contributed by atoms with Crippen LogP contribution in [-0.4, -0.2) is 114 Å². The van der Waals surface area contributed by atoms with E-state index in [1.165, 1.54) is 26.0 Å². The van der Waals surface area contributed by atoms with Crippen LogP contribution in [-0.2, 0) is 26.1 Å². The number of imide groups is 1. The quantitative estimate of drug-likeness (QED) is 0.148. The van der Waals surface area contributed by atoms with Crippen LogP contribution in [0.4, 0.5) is 20.3 Å². The number of halogens is 2. The number of aryl methyl sites for hydroxylation is 1. The molecule has 0 radical (unpaired) electrons. The van der Waals surface area contributed by atoms with Crippen LogP contribution in [0.25, 0.3) is 16.7 Å². The van der Waals surface area contributed by atoms with E-state index in [-0.39, 0.29) is 66.7 Å². The molecule has 4 fully saturated rings. The molecule has 0 spiro atoms. The van der Waals surface area contributed by atoms with Crippen LogP contribution < -0.4 is 21.2 Å². The number of carbonyl (C=O) groups excluding carboxylic acids is 3. The van der Waals surface area contributed by atoms with Gasteiger partial charge in [-0.3, -0.25) is 33.5 Å². The van der Waals surface area contributed by atoms with Crippen LogP contribution in [0.3, 0.4) is 0 Å². The minimum atomic E-state index is -2.87. The Morgan fingerprint density at radius 2 is 1.80 bits per heavy atom. The predicted octanol–water partition coefficient (Wildman–Crippen LogP) is 4.62. The van der Waals surface area contributed by atoms with Gasteiger partial charge in [0.2, 0.25) is 11.8 Å². The molecule has 1 saturated carbocycles. The van der Waals surface area contributed by atoms with Crippen molar-refractivity contribution in [1.29, 1.82) is 0 Å². The molecule has 5 aromatic rings. The number of likely N-dealkylation sites (tertiary alicyclic amines) is 1. The minimum Gasteiger partial charge on any atom is -0.372 e. The molecular weight excluding hydrogens is 829 g/mol. The molecule has 1 aliphatic carbocycles. The highest BCUT2D eigenvalue weighted by Crippen LogP contribution is 2.36. The molecule has 3 amide bonds. The van der Waals surface area contributed by atoms with Gasteiger partial charge in [-0.15, -0.1) is 0 Å². The van der Waals surface area contributed by atoms with E-state index >= 15 is 0 Å². The topological polar surface area (TPSA) is 175 Å². The zero-order chi connectivity index (χ0) is 44.6. The number of hydrogen-bond acceptors (Lipinski definition) is 11. The molecule has 338 valence electrons. The molecule has 1 unspecified atom stereocenters. The van der Waals surface area contributed by atoms with Crippen molar-refractivity contribution in [3.8, 4) is 11.8 Å². The van der Waals surface area contributed by atoms with E-state index in [0.717, 1.165) is 58.2 Å². The fraction of sp³-hybridized carbons (Fsp3) is 0.533. The number of para-hydroxylation sites is 1. The van der Waals surface area contributed by atoms with E-state index in [2.05, 4.69) is 42.5 Å². The Labute approximate surface area is 368 Å². The second kappa shape index (κ2) is 18.3. The van der Waals surface area contributed by atoms with Gasteiger partial charge in [-0.25, -0.2) is 23.1 Å². The summed E-state index contributed by atoms with van der Waals surface area (Å²) in [7, 11) is 1.66. The Hall–Kier alpha value is -5.97. The average Bonchev–Trinajstić information content (AvgIpc) is 3.97. The van der Waals surface area contributed by atoms with E-state index in [9.17, 15) is 28.0 Å². The monoisotopic (exact) mass is 881 g/mol. The van der Waals surface area contributed by atoms with Gasteiger partial charge >= 0.3 is 5.69 Å². The summed E-state index contributed by atoms with van der Waals surface area (Å²) in [6.07, 6.45) is 7.58. The molecule has 4 aliphatic rings. The van der Waals surface area contributed by atoms with Gasteiger partial charge in [0.1, 0.15) is 24.0 Å². The van der Waals surface area contributed by atoms with E-state index < -0.39 is 30.0 Å². The standard InChI is InChI=1S/C45H53F2N11O6/c1-27-23-55(24-28(2)64-27)37-17-20-56-42(50-37)33(22-48-56)43(60)49-34-26-57(52-39(34)41(46)47)31-11-9-29(10-12-31)25-54-18-15-32(16-19-54)63-21-5-7-30-6-4-8-35-40(30)53(3)45(62)58(35)36-13-14-38(59)51-44(36)61/h4,6,8,17,20,22,26-29,31-32,36,41H,9-16,18-19,21,23-25H2,1-3H3,(H,49,60)(H,51,59,61)/t27-,28-,29?,31?,36?/m0/s1. The normalized spacial score (nSPS) is 23.7. The number of ether oxygens (including phenoxy) is 2. The molecule has 3 aliphatic heterocycles. The smallest absolute Gasteiger partial charge is 0.329 e. The Morgan fingerprint density at radius 3 is 2.53 bits per heavy atom. The van der Waals surface area contributed by atoms with E-state index in [1.807, 2.05) is 32.0 Å². The lowest BCUT2D eigenvalue weighted by Crippen LogP contribution is -2.45. The number of aromatic nitrogens is 7. The SMILES string of the molecule is C[C@H]1CN(c2ccn3ncc(C(=O)Nc4cn(C5CCC(CN6CCC(OCC#Cc7cccc8c7n(C)c(=O)n8C7CCC(=O)NC7=O)CC6)CC5)nc4C(F)F)c3n2)C[C@H](C)O1. The summed E-state index contributed by atoms with van der Waals surface area (Å²) in [6.45, 7) is 8.31. The first-order valence-electron chi connectivity index (χ1n) is 22.2. The van der Waals surface area contributed by atoms with Crippen LogP contribution in [0.15, 0.2) is 47.7 Å². The predicted molar refractivity (Wildman–Crippen MR) is 232 cm³/mol. The first-order chi connectivity index (χ1) is 30.9. The summed E-state index contributed by atoms with van der Waals surface area (Å²) in [5, 5.41) is 13.6. The maximum absolute atomic E-state index is 14.3. The third kappa shape index (κ3) is 8.91. The van der Waals surface area contributed by atoms with Gasteiger partial charge in [0, 0.05) is 58.6 Å². The Balaban J connectivity index is 0.751. The molecule has 3 saturated heterocycles. The van der Waals surface area contributed by atoms with Gasteiger partial charge in [-0.05, 0) is 82.9 Å². The van der Waals surface area contributed by atoms with E-state index in [0.29, 0.717) is 47.1 Å². The lowest BCUT2D eigenvalue weighted by Gasteiger charge is -2.36. The third-order valence-electron chi connectivity index (χ3n) is 13.0. The number of amides is 3. The summed E-state index contributed by atoms with van der Waals surface area (Å²) >= 11 is 0. The number of benzene rings is 1. The van der Waals surface area contributed by atoms with Crippen LogP contribution >= 0.6 is 0 Å². The summed E-state index contributed by atoms with van der Waals surface area (Å²) in [5.74, 6) is 6.05. The molecule has 2 N–H and O–H groups in total. The van der Waals surface area contributed by atoms with Crippen molar-refractivity contribution in [1.82, 2.24) is 43.7 Å². The van der Waals surface area contributed by atoms with Gasteiger partial charge in [-0.1, -0.05) is 17.9 Å². The average molecular weight is 882 g/mol. The van der Waals surface area contributed by atoms with Gasteiger partial charge in [0.05, 0.1) is 52.8 Å². The number of piperidine rings is 2. The van der Waals surface area contributed by atoms with Crippen molar-refractivity contribution in [2.24, 2.45) is 13.0 Å². The number of anilines is 2. The van der Waals surface area contributed by atoms with E-state index in [1.54, 1.807) is 24.0 Å². The number of carbonyl (C=O) groups is 3. The zero-order valence-corrected chi connectivity index (χ0v) is 36.2. The number of imidazole rings is 1. The van der Waals surface area contributed by atoms with Crippen LogP contribution in [0.2, 0.25) is 0 Å². The summed E-state index contributed by atoms with van der Waals surface area (Å²) in [6, 6.07) is 6.46. The largest absolute Gasteiger partial charge is 0.372 e. The maximum atomic E-state index is 14.3. The number of morpholine rings is 1. The molecule has 4 aromatic heterocycles. The second-order valence-corrected chi connectivity index (χ2v) is 17.6. The molecule has 17 nitrogen and oxygen atoms in total. The molecule has 1 aromatic carbocycles. The highest BCUT2D eigenvalue weighted by molar-refractivity contribution is 6.08. The van der Waals surface area contributed by atoms with Crippen molar-refractivity contribution in [2.75, 3.05) is 49.5 Å². The Bertz CT molecular complexity index is 2670. The van der Waals surface area contributed by atoms with Crippen molar-refractivity contribution < 1.29 is 32.6 Å². The molecular formula is C45H53F2N11O6. The molecule has 7 heterocycles. The Morgan fingerprint density at radius 1 is 1.03 bits per heavy atom. The molecule has 9 rings (SSSR count). The number of rotatable bonds is 10. The van der Waals surface area contributed by atoms with Crippen molar-refractivity contribution >= 4 is 45.9 Å². The first-order valence-corrected chi connectivity index (χ1v) is 22.2. The summed E-state index contributed by atoms with van der Waals surface area (Å²) in [5.41, 5.74) is 1.57. The number of nitrogens with zero attached hydrogens (tertiary/aromatic N) is 9. The van der Waals surface area contributed by atoms with Crippen molar-refractivity contribution in [3.05, 3.63) is 70.2 Å². The van der Waals surface area contributed by atoms with E-state index in [4.69, 9.17) is 14.5 Å². The first kappa shape index (κ1) is 43.3. The zero-order valence-electron chi connectivity index (χ0n) is 36.2. The highest BCUT2D eigenvalue weighted by atomic mass is 19.3. The molecule has 19 heteroatoms. The lowest BCUT2D eigenvalue weighted by molar-refractivity contribution is -0.135.